The highest BCUT2D eigenvalue weighted by atomic mass is 35.5. The van der Waals surface area contributed by atoms with Gasteiger partial charge in [0.15, 0.2) is 0 Å². The van der Waals surface area contributed by atoms with E-state index in [1.807, 2.05) is 27.0 Å². The summed E-state index contributed by atoms with van der Waals surface area (Å²) < 4.78 is 1.77. The van der Waals surface area contributed by atoms with Crippen molar-refractivity contribution in [1.82, 2.24) is 19.7 Å². The van der Waals surface area contributed by atoms with Gasteiger partial charge in [0, 0.05) is 18.8 Å². The molecule has 4 nitrogen and oxygen atoms in total. The first-order chi connectivity index (χ1) is 7.09. The van der Waals surface area contributed by atoms with Crippen LogP contribution < -0.4 is 0 Å². The van der Waals surface area contributed by atoms with E-state index in [4.69, 9.17) is 11.6 Å². The Hall–Kier alpha value is -1.42. The molecule has 2 heterocycles. The van der Waals surface area contributed by atoms with E-state index < -0.39 is 0 Å². The van der Waals surface area contributed by atoms with Crippen LogP contribution in [0.2, 0.25) is 5.15 Å². The van der Waals surface area contributed by atoms with Crippen LogP contribution in [0.5, 0.6) is 0 Å². The molecule has 0 aromatic carbocycles. The van der Waals surface area contributed by atoms with Crippen LogP contribution >= 0.6 is 11.6 Å². The average molecular weight is 223 g/mol. The van der Waals surface area contributed by atoms with Crippen molar-refractivity contribution in [2.75, 3.05) is 0 Å². The fourth-order valence-electron chi connectivity index (χ4n) is 1.45. The summed E-state index contributed by atoms with van der Waals surface area (Å²) in [6.07, 6.45) is 1.74. The Kier molecular flexibility index (Phi) is 2.44. The van der Waals surface area contributed by atoms with Crippen LogP contribution in [-0.4, -0.2) is 19.7 Å². The van der Waals surface area contributed by atoms with Crippen molar-refractivity contribution in [3.63, 3.8) is 0 Å². The summed E-state index contributed by atoms with van der Waals surface area (Å²) in [5, 5.41) is 4.61. The highest BCUT2D eigenvalue weighted by molar-refractivity contribution is 6.30. The smallest absolute Gasteiger partial charge is 0.136 e. The molecule has 0 atom stereocenters. The molecule has 0 saturated carbocycles. The number of aromatic nitrogens is 4. The molecule has 2 aromatic rings. The molecule has 2 rings (SSSR count). The van der Waals surface area contributed by atoms with Crippen LogP contribution in [0, 0.1) is 13.8 Å². The number of aryl methyl sites for hydroxylation is 2. The molecule has 0 bridgehead atoms. The molecule has 0 saturated heterocycles. The summed E-state index contributed by atoms with van der Waals surface area (Å²) in [7, 11) is 1.88. The zero-order valence-corrected chi connectivity index (χ0v) is 9.58. The highest BCUT2D eigenvalue weighted by Gasteiger charge is 2.11. The molecule has 0 N–H and O–H groups in total. The summed E-state index contributed by atoms with van der Waals surface area (Å²) in [5.41, 5.74) is 2.67. The molecule has 0 fully saturated rings. The molecular formula is C10H11ClN4. The third-order valence-corrected chi connectivity index (χ3v) is 2.63. The minimum Gasteiger partial charge on any atom is -0.266 e. The summed E-state index contributed by atoms with van der Waals surface area (Å²) >= 11 is 6.01. The Morgan fingerprint density at radius 2 is 2.00 bits per heavy atom. The van der Waals surface area contributed by atoms with Crippen LogP contribution in [0.1, 0.15) is 11.4 Å². The van der Waals surface area contributed by atoms with Crippen molar-refractivity contribution >= 4 is 11.6 Å². The van der Waals surface area contributed by atoms with Crippen molar-refractivity contribution in [3.8, 4) is 11.4 Å². The van der Waals surface area contributed by atoms with Crippen molar-refractivity contribution < 1.29 is 0 Å². The first-order valence-corrected chi connectivity index (χ1v) is 4.96. The number of nitrogens with zero attached hydrogens (tertiary/aromatic N) is 4. The lowest BCUT2D eigenvalue weighted by Gasteiger charge is -2.07. The molecule has 0 aliphatic rings. The highest BCUT2D eigenvalue weighted by Crippen LogP contribution is 2.24. The summed E-state index contributed by atoms with van der Waals surface area (Å²) in [6.45, 7) is 3.73. The number of hydrogen-bond acceptors (Lipinski definition) is 3. The molecule has 0 aliphatic carbocycles. The fourth-order valence-corrected chi connectivity index (χ4v) is 1.66. The van der Waals surface area contributed by atoms with Crippen molar-refractivity contribution in [3.05, 3.63) is 28.8 Å². The van der Waals surface area contributed by atoms with E-state index in [1.165, 1.54) is 0 Å². The maximum Gasteiger partial charge on any atom is 0.136 e. The van der Waals surface area contributed by atoms with Gasteiger partial charge in [-0.1, -0.05) is 11.6 Å². The molecule has 0 aliphatic heterocycles. The van der Waals surface area contributed by atoms with Crippen molar-refractivity contribution in [2.24, 2.45) is 7.05 Å². The maximum absolute atomic E-state index is 6.01. The van der Waals surface area contributed by atoms with Gasteiger partial charge >= 0.3 is 0 Å². The van der Waals surface area contributed by atoms with E-state index in [-0.39, 0.29) is 0 Å². The lowest BCUT2D eigenvalue weighted by Crippen LogP contribution is -2.01. The second kappa shape index (κ2) is 3.62. The Morgan fingerprint density at radius 3 is 2.60 bits per heavy atom. The second-order valence-electron chi connectivity index (χ2n) is 3.38. The summed E-state index contributed by atoms with van der Waals surface area (Å²) in [6, 6.07) is 1.91. The Morgan fingerprint density at radius 1 is 1.27 bits per heavy atom. The minimum atomic E-state index is 0.499. The largest absolute Gasteiger partial charge is 0.266 e. The van der Waals surface area contributed by atoms with E-state index in [0.29, 0.717) is 11.0 Å². The second-order valence-corrected chi connectivity index (χ2v) is 3.73. The Bertz CT molecular complexity index is 504. The monoisotopic (exact) mass is 222 g/mol. The molecule has 78 valence electrons. The van der Waals surface area contributed by atoms with E-state index in [1.54, 1.807) is 10.9 Å². The predicted molar refractivity (Wildman–Crippen MR) is 58.7 cm³/mol. The van der Waals surface area contributed by atoms with Crippen molar-refractivity contribution in [1.29, 1.82) is 0 Å². The van der Waals surface area contributed by atoms with Gasteiger partial charge in [-0.25, -0.2) is 9.97 Å². The van der Waals surface area contributed by atoms with Crippen molar-refractivity contribution in [2.45, 2.75) is 13.8 Å². The molecule has 0 radical (unpaired) electrons. The van der Waals surface area contributed by atoms with Crippen LogP contribution in [-0.2, 0) is 7.05 Å². The van der Waals surface area contributed by atoms with Gasteiger partial charge in [0.1, 0.15) is 11.0 Å². The van der Waals surface area contributed by atoms with Gasteiger partial charge in [0.05, 0.1) is 11.4 Å². The van der Waals surface area contributed by atoms with Gasteiger partial charge in [-0.3, -0.25) is 4.68 Å². The zero-order chi connectivity index (χ0) is 11.0. The topological polar surface area (TPSA) is 43.6 Å². The lowest BCUT2D eigenvalue weighted by molar-refractivity contribution is 0.771. The maximum atomic E-state index is 6.01. The summed E-state index contributed by atoms with van der Waals surface area (Å²) in [4.78, 5) is 8.48. The molecule has 0 amide bonds. The molecule has 0 unspecified atom stereocenters. The van der Waals surface area contributed by atoms with E-state index in [9.17, 15) is 0 Å². The quantitative estimate of drug-likeness (QED) is 0.695. The molecule has 5 heteroatoms. The van der Waals surface area contributed by atoms with Gasteiger partial charge in [0.2, 0.25) is 0 Å². The molecule has 2 aromatic heterocycles. The lowest BCUT2D eigenvalue weighted by atomic mass is 10.2. The van der Waals surface area contributed by atoms with Gasteiger partial charge in [-0.2, -0.15) is 5.10 Å². The first kappa shape index (κ1) is 10.1. The van der Waals surface area contributed by atoms with Gasteiger partial charge in [0.25, 0.3) is 0 Å². The SMILES string of the molecule is Cc1nc(Cl)c(C)c(-c2ccnn2C)n1. The van der Waals surface area contributed by atoms with Gasteiger partial charge in [-0.05, 0) is 19.9 Å². The zero-order valence-electron chi connectivity index (χ0n) is 8.82. The number of rotatable bonds is 1. The van der Waals surface area contributed by atoms with E-state index in [2.05, 4.69) is 15.1 Å². The van der Waals surface area contributed by atoms with Crippen LogP contribution in [0.4, 0.5) is 0 Å². The molecular weight excluding hydrogens is 212 g/mol. The number of halogens is 1. The normalized spacial score (nSPS) is 10.7. The van der Waals surface area contributed by atoms with E-state index in [0.717, 1.165) is 17.0 Å². The Balaban J connectivity index is 2.68. The fraction of sp³-hybridized carbons (Fsp3) is 0.300. The molecule has 15 heavy (non-hydrogen) atoms. The summed E-state index contributed by atoms with van der Waals surface area (Å²) in [5.74, 6) is 0.668. The van der Waals surface area contributed by atoms with Gasteiger partial charge < -0.3 is 0 Å². The van der Waals surface area contributed by atoms with Crippen LogP contribution in [0.25, 0.3) is 11.4 Å². The Labute approximate surface area is 92.9 Å². The predicted octanol–water partition coefficient (Wildman–Crippen LogP) is 2.15. The first-order valence-electron chi connectivity index (χ1n) is 4.58. The van der Waals surface area contributed by atoms with Crippen LogP contribution in [0.15, 0.2) is 12.3 Å². The average Bonchev–Trinajstić information content (AvgIpc) is 2.58. The van der Waals surface area contributed by atoms with E-state index >= 15 is 0 Å². The number of hydrogen-bond donors (Lipinski definition) is 0. The minimum absolute atomic E-state index is 0.499. The third kappa shape index (κ3) is 1.72. The van der Waals surface area contributed by atoms with Gasteiger partial charge in [-0.15, -0.1) is 0 Å². The third-order valence-electron chi connectivity index (χ3n) is 2.26. The standard InChI is InChI=1S/C10H11ClN4/c1-6-9(8-4-5-12-15(8)3)13-7(2)14-10(6)11/h4-5H,1-3H3. The molecule has 0 spiro atoms. The van der Waals surface area contributed by atoms with Crippen LogP contribution in [0.3, 0.4) is 0 Å².